The molecular weight excluding hydrogens is 332 g/mol. The Morgan fingerprint density at radius 1 is 1.17 bits per heavy atom. The number of carboxylic acid groups (broad SMARTS) is 1. The molecular formula is C17H26O6S. The average molecular weight is 358 g/mol. The van der Waals surface area contributed by atoms with Crippen molar-refractivity contribution < 1.29 is 27.9 Å². The van der Waals surface area contributed by atoms with Gasteiger partial charge in [-0.1, -0.05) is 37.3 Å². The number of esters is 1. The van der Waals surface area contributed by atoms with Gasteiger partial charge in [0.05, 0.1) is 17.4 Å². The number of carbonyl (C=O) groups is 2. The maximum atomic E-state index is 12.1. The largest absolute Gasteiger partial charge is 0.481 e. The third-order valence-corrected chi connectivity index (χ3v) is 4.32. The molecule has 0 radical (unpaired) electrons. The quantitative estimate of drug-likeness (QED) is 0.813. The predicted octanol–water partition coefficient (Wildman–Crippen LogP) is 2.67. The van der Waals surface area contributed by atoms with Crippen molar-refractivity contribution in [2.75, 3.05) is 5.75 Å². The molecule has 0 spiro atoms. The first-order valence-corrected chi connectivity index (χ1v) is 9.31. The number of sulfone groups is 1. The molecule has 1 aromatic carbocycles. The number of aliphatic carboxylic acids is 1. The van der Waals surface area contributed by atoms with Crippen molar-refractivity contribution in [2.45, 2.75) is 46.0 Å². The fraction of sp³-hybridized carbons (Fsp3) is 0.529. The van der Waals surface area contributed by atoms with Gasteiger partial charge in [-0.05, 0) is 26.3 Å². The van der Waals surface area contributed by atoms with Gasteiger partial charge in [-0.25, -0.2) is 8.42 Å². The minimum absolute atomic E-state index is 0.0546. The van der Waals surface area contributed by atoms with Crippen LogP contribution in [0.25, 0.3) is 0 Å². The summed E-state index contributed by atoms with van der Waals surface area (Å²) in [6.45, 7) is 7.94. The van der Waals surface area contributed by atoms with Crippen LogP contribution < -0.4 is 0 Å². The summed E-state index contributed by atoms with van der Waals surface area (Å²) in [4.78, 5) is 20.8. The molecule has 0 aliphatic heterocycles. The third-order valence-electron chi connectivity index (χ3n) is 2.54. The van der Waals surface area contributed by atoms with E-state index in [1.54, 1.807) is 52.0 Å². The van der Waals surface area contributed by atoms with E-state index in [0.29, 0.717) is 0 Å². The molecule has 0 heterocycles. The Bertz CT molecular complexity index is 625. The molecule has 1 unspecified atom stereocenters. The molecule has 136 valence electrons. The van der Waals surface area contributed by atoms with Crippen LogP contribution in [-0.4, -0.2) is 36.8 Å². The van der Waals surface area contributed by atoms with Crippen LogP contribution in [0.1, 0.15) is 40.2 Å². The zero-order chi connectivity index (χ0) is 19.0. The lowest BCUT2D eigenvalue weighted by molar-refractivity contribution is -0.158. The summed E-state index contributed by atoms with van der Waals surface area (Å²) >= 11 is 0. The second-order valence-corrected chi connectivity index (χ2v) is 8.60. The Morgan fingerprint density at radius 3 is 2.04 bits per heavy atom. The van der Waals surface area contributed by atoms with Gasteiger partial charge in [0.2, 0.25) is 0 Å². The molecule has 0 bridgehead atoms. The molecule has 0 saturated heterocycles. The van der Waals surface area contributed by atoms with Gasteiger partial charge >= 0.3 is 5.97 Å². The Hall–Kier alpha value is -1.89. The van der Waals surface area contributed by atoms with Crippen molar-refractivity contribution in [3.05, 3.63) is 35.9 Å². The van der Waals surface area contributed by atoms with Gasteiger partial charge in [-0.2, -0.15) is 0 Å². The van der Waals surface area contributed by atoms with Gasteiger partial charge < -0.3 is 9.84 Å². The van der Waals surface area contributed by atoms with Crippen LogP contribution in [0, 0.1) is 5.92 Å². The van der Waals surface area contributed by atoms with Crippen molar-refractivity contribution in [3.63, 3.8) is 0 Å². The number of rotatable bonds is 5. The van der Waals surface area contributed by atoms with Gasteiger partial charge in [-0.3, -0.25) is 9.59 Å². The summed E-state index contributed by atoms with van der Waals surface area (Å²) < 4.78 is 29.3. The molecule has 1 atom stereocenters. The first-order valence-electron chi connectivity index (χ1n) is 7.49. The lowest BCUT2D eigenvalue weighted by atomic mass is 10.1. The van der Waals surface area contributed by atoms with E-state index < -0.39 is 33.3 Å². The molecule has 0 fully saturated rings. The van der Waals surface area contributed by atoms with E-state index in [0.717, 1.165) is 12.5 Å². The van der Waals surface area contributed by atoms with Crippen LogP contribution in [0.3, 0.4) is 0 Å². The Labute approximate surface area is 143 Å². The van der Waals surface area contributed by atoms with Crippen molar-refractivity contribution >= 4 is 21.8 Å². The summed E-state index contributed by atoms with van der Waals surface area (Å²) in [5.41, 5.74) is 0.123. The maximum Gasteiger partial charge on any atom is 0.310 e. The minimum atomic E-state index is -3.34. The van der Waals surface area contributed by atoms with E-state index in [9.17, 15) is 13.2 Å². The predicted molar refractivity (Wildman–Crippen MR) is 92.3 cm³/mol. The van der Waals surface area contributed by atoms with Crippen molar-refractivity contribution in [3.8, 4) is 0 Å². The fourth-order valence-corrected chi connectivity index (χ4v) is 3.45. The van der Waals surface area contributed by atoms with E-state index in [4.69, 9.17) is 14.6 Å². The Morgan fingerprint density at radius 2 is 1.62 bits per heavy atom. The first-order chi connectivity index (χ1) is 10.8. The van der Waals surface area contributed by atoms with Crippen molar-refractivity contribution in [2.24, 2.45) is 5.92 Å². The molecule has 7 heteroatoms. The monoisotopic (exact) mass is 358 g/mol. The van der Waals surface area contributed by atoms with Crippen LogP contribution in [0.4, 0.5) is 0 Å². The van der Waals surface area contributed by atoms with Crippen LogP contribution in [-0.2, 0) is 29.9 Å². The molecule has 0 aliphatic rings. The lowest BCUT2D eigenvalue weighted by Crippen LogP contribution is -2.31. The molecule has 0 aliphatic carbocycles. The zero-order valence-electron chi connectivity index (χ0n) is 14.8. The Kier molecular flexibility index (Phi) is 8.67. The molecule has 6 nitrogen and oxygen atoms in total. The summed E-state index contributed by atoms with van der Waals surface area (Å²) in [5, 5.41) is 7.42. The topological polar surface area (TPSA) is 97.7 Å². The normalized spacial score (nSPS) is 12.5. The molecule has 0 aromatic heterocycles. The summed E-state index contributed by atoms with van der Waals surface area (Å²) in [6, 6.07) is 8.94. The lowest BCUT2D eigenvalue weighted by Gasteiger charge is -2.22. The summed E-state index contributed by atoms with van der Waals surface area (Å²) in [6.07, 6.45) is 0. The van der Waals surface area contributed by atoms with Gasteiger partial charge in [0.1, 0.15) is 5.60 Å². The zero-order valence-corrected chi connectivity index (χ0v) is 15.6. The summed E-state index contributed by atoms with van der Waals surface area (Å²) in [5.74, 6) is -2.23. The molecule has 24 heavy (non-hydrogen) atoms. The number of carboxylic acids is 1. The van der Waals surface area contributed by atoms with Gasteiger partial charge in [0.25, 0.3) is 5.97 Å². The molecule has 1 rings (SSSR count). The first kappa shape index (κ1) is 22.1. The molecule has 1 aromatic rings. The highest BCUT2D eigenvalue weighted by molar-refractivity contribution is 7.90. The standard InChI is InChI=1S/C15H22O4S.C2H4O2/c1-12(14(16)19-15(2,3)4)10-20(17,18)11-13-8-6-5-7-9-13;1-2(3)4/h5-9,12H,10-11H2,1-4H3;1H3,(H,3,4). The van der Waals surface area contributed by atoms with Crippen molar-refractivity contribution in [1.29, 1.82) is 0 Å². The second kappa shape index (κ2) is 9.42. The van der Waals surface area contributed by atoms with Crippen LogP contribution >= 0.6 is 0 Å². The minimum Gasteiger partial charge on any atom is -0.481 e. The highest BCUT2D eigenvalue weighted by Crippen LogP contribution is 2.15. The van der Waals surface area contributed by atoms with Gasteiger partial charge in [-0.15, -0.1) is 0 Å². The SMILES string of the molecule is CC(=O)O.CC(CS(=O)(=O)Cc1ccccc1)C(=O)OC(C)(C)C. The number of ether oxygens (including phenoxy) is 1. The molecule has 0 saturated carbocycles. The van der Waals surface area contributed by atoms with Crippen molar-refractivity contribution in [1.82, 2.24) is 0 Å². The average Bonchev–Trinajstić information content (AvgIpc) is 2.35. The molecule has 1 N–H and O–H groups in total. The highest BCUT2D eigenvalue weighted by Gasteiger charge is 2.26. The highest BCUT2D eigenvalue weighted by atomic mass is 32.2. The van der Waals surface area contributed by atoms with Gasteiger partial charge in [0.15, 0.2) is 9.84 Å². The van der Waals surface area contributed by atoms with E-state index in [1.807, 2.05) is 6.07 Å². The van der Waals surface area contributed by atoms with Crippen LogP contribution in [0.15, 0.2) is 30.3 Å². The number of hydrogen-bond donors (Lipinski definition) is 1. The summed E-state index contributed by atoms with van der Waals surface area (Å²) in [7, 11) is -3.34. The van der Waals surface area contributed by atoms with Gasteiger partial charge in [0, 0.05) is 6.92 Å². The number of hydrogen-bond acceptors (Lipinski definition) is 5. The number of carbonyl (C=O) groups excluding carboxylic acids is 1. The Balaban J connectivity index is 0.00000118. The van der Waals surface area contributed by atoms with Crippen LogP contribution in [0.2, 0.25) is 0 Å². The number of benzene rings is 1. The van der Waals surface area contributed by atoms with E-state index in [1.165, 1.54) is 0 Å². The maximum absolute atomic E-state index is 12.1. The van der Waals surface area contributed by atoms with E-state index in [-0.39, 0.29) is 11.5 Å². The molecule has 0 amide bonds. The third kappa shape index (κ3) is 11.6. The second-order valence-electron chi connectivity index (χ2n) is 6.49. The smallest absolute Gasteiger partial charge is 0.310 e. The van der Waals surface area contributed by atoms with Crippen LogP contribution in [0.5, 0.6) is 0 Å². The van der Waals surface area contributed by atoms with E-state index in [2.05, 4.69) is 0 Å². The fourth-order valence-electron chi connectivity index (χ4n) is 1.74. The van der Waals surface area contributed by atoms with E-state index >= 15 is 0 Å².